The van der Waals surface area contributed by atoms with Crippen LogP contribution in [0.4, 0.5) is 0 Å². The van der Waals surface area contributed by atoms with E-state index in [1.807, 2.05) is 0 Å². The van der Waals surface area contributed by atoms with Gasteiger partial charge in [-0.3, -0.25) is 0 Å². The van der Waals surface area contributed by atoms with Gasteiger partial charge >= 0.3 is 0 Å². The molecule has 0 spiro atoms. The number of fused-ring (bicyclic) bond motifs is 2. The molecule has 1 heteroatoms. The molecule has 0 aliphatic rings. The highest BCUT2D eigenvalue weighted by molar-refractivity contribution is 6.02. The van der Waals surface area contributed by atoms with Crippen LogP contribution in [0.5, 0.6) is 0 Å². The Morgan fingerprint density at radius 1 is 0.486 bits per heavy atom. The van der Waals surface area contributed by atoms with Crippen molar-refractivity contribution < 1.29 is 4.42 Å². The fraction of sp³-hybridized carbons (Fsp3) is 0.176. The molecule has 0 N–H and O–H groups in total. The Labute approximate surface area is 207 Å². The van der Waals surface area contributed by atoms with Crippen LogP contribution in [-0.2, 0) is 0 Å². The van der Waals surface area contributed by atoms with Crippen LogP contribution < -0.4 is 0 Å². The maximum absolute atomic E-state index is 6.34. The highest BCUT2D eigenvalue weighted by atomic mass is 16.3. The van der Waals surface area contributed by atoms with E-state index in [-0.39, 0.29) is 0 Å². The first-order chi connectivity index (χ1) is 16.8. The fourth-order valence-electron chi connectivity index (χ4n) is 5.01. The maximum atomic E-state index is 6.34. The summed E-state index contributed by atoms with van der Waals surface area (Å²) in [5, 5.41) is 4.33. The molecule has 5 aromatic rings. The average molecular weight is 453 g/mol. The summed E-state index contributed by atoms with van der Waals surface area (Å²) in [4.78, 5) is 0. The van der Waals surface area contributed by atoms with Crippen LogP contribution in [0.3, 0.4) is 0 Å². The second-order valence-corrected chi connectivity index (χ2v) is 9.55. The van der Waals surface area contributed by atoms with Crippen molar-refractivity contribution in [1.82, 2.24) is 0 Å². The van der Waals surface area contributed by atoms with Gasteiger partial charge in [-0.05, 0) is 98.5 Å². The summed E-state index contributed by atoms with van der Waals surface area (Å²) in [6.07, 6.45) is 0. The molecule has 4 aromatic carbocycles. The first-order valence-electron chi connectivity index (χ1n) is 11.9. The minimum Gasteiger partial charge on any atom is -0.438 e. The average Bonchev–Trinajstić information content (AvgIpc) is 3.12. The SMILES string of the molecule is Cc1cc(C)c(C#Cc2oc(C#Cc3c(C)cc(C)cc3C)c3cc4ccccc4cc23)c(C)c1. The molecule has 170 valence electrons. The van der Waals surface area contributed by atoms with Crippen molar-refractivity contribution in [1.29, 1.82) is 0 Å². The molecule has 5 rings (SSSR count). The van der Waals surface area contributed by atoms with Gasteiger partial charge in [0.05, 0.1) is 0 Å². The van der Waals surface area contributed by atoms with Crippen LogP contribution >= 0.6 is 0 Å². The molecule has 0 bridgehead atoms. The van der Waals surface area contributed by atoms with Gasteiger partial charge in [0.1, 0.15) is 0 Å². The zero-order valence-corrected chi connectivity index (χ0v) is 21.2. The van der Waals surface area contributed by atoms with Gasteiger partial charge in [-0.25, -0.2) is 0 Å². The predicted octanol–water partition coefficient (Wildman–Crippen LogP) is 8.24. The summed E-state index contributed by atoms with van der Waals surface area (Å²) in [7, 11) is 0. The zero-order valence-electron chi connectivity index (χ0n) is 21.2. The summed E-state index contributed by atoms with van der Waals surface area (Å²) in [5.41, 5.74) is 9.34. The van der Waals surface area contributed by atoms with Gasteiger partial charge in [0.15, 0.2) is 11.5 Å². The van der Waals surface area contributed by atoms with Gasteiger partial charge in [0.25, 0.3) is 0 Å². The van der Waals surface area contributed by atoms with Crippen LogP contribution in [0, 0.1) is 65.2 Å². The summed E-state index contributed by atoms with van der Waals surface area (Å²) in [6.45, 7) is 12.7. The molecule has 0 radical (unpaired) electrons. The van der Waals surface area contributed by atoms with Crippen molar-refractivity contribution in [3.05, 3.63) is 117 Å². The molecule has 0 fully saturated rings. The van der Waals surface area contributed by atoms with E-state index in [1.165, 1.54) is 33.4 Å². The van der Waals surface area contributed by atoms with Gasteiger partial charge in [-0.2, -0.15) is 0 Å². The number of furan rings is 1. The van der Waals surface area contributed by atoms with Crippen molar-refractivity contribution >= 4 is 21.5 Å². The van der Waals surface area contributed by atoms with Crippen molar-refractivity contribution in [2.45, 2.75) is 41.5 Å². The third-order valence-corrected chi connectivity index (χ3v) is 6.54. The Morgan fingerprint density at radius 3 is 1.23 bits per heavy atom. The minimum atomic E-state index is 0.659. The number of hydrogen-bond acceptors (Lipinski definition) is 1. The predicted molar refractivity (Wildman–Crippen MR) is 147 cm³/mol. The van der Waals surface area contributed by atoms with Gasteiger partial charge in [0, 0.05) is 21.9 Å². The summed E-state index contributed by atoms with van der Waals surface area (Å²) in [5.74, 6) is 14.8. The molecule has 1 heterocycles. The Morgan fingerprint density at radius 2 is 0.857 bits per heavy atom. The van der Waals surface area contributed by atoms with Gasteiger partial charge in [0.2, 0.25) is 0 Å². The van der Waals surface area contributed by atoms with Crippen molar-refractivity contribution in [3.8, 4) is 23.7 Å². The maximum Gasteiger partial charge on any atom is 0.186 e. The van der Waals surface area contributed by atoms with Crippen LogP contribution in [0.15, 0.2) is 65.1 Å². The van der Waals surface area contributed by atoms with E-state index in [4.69, 9.17) is 4.42 Å². The Hall–Kier alpha value is -4.20. The van der Waals surface area contributed by atoms with E-state index in [0.717, 1.165) is 32.7 Å². The molecule has 0 aliphatic heterocycles. The van der Waals surface area contributed by atoms with E-state index in [0.29, 0.717) is 11.5 Å². The van der Waals surface area contributed by atoms with Gasteiger partial charge in [-0.1, -0.05) is 71.5 Å². The first-order valence-corrected chi connectivity index (χ1v) is 11.9. The Balaban J connectivity index is 1.71. The molecule has 0 saturated carbocycles. The molecule has 35 heavy (non-hydrogen) atoms. The number of benzene rings is 4. The normalized spacial score (nSPS) is 10.7. The zero-order chi connectivity index (χ0) is 24.7. The molecule has 0 unspecified atom stereocenters. The third kappa shape index (κ3) is 4.35. The fourth-order valence-corrected chi connectivity index (χ4v) is 5.01. The summed E-state index contributed by atoms with van der Waals surface area (Å²) >= 11 is 0. The second-order valence-electron chi connectivity index (χ2n) is 9.55. The second kappa shape index (κ2) is 8.87. The lowest BCUT2D eigenvalue weighted by molar-refractivity contribution is 0.547. The molecule has 1 aromatic heterocycles. The largest absolute Gasteiger partial charge is 0.438 e. The van der Waals surface area contributed by atoms with E-state index in [2.05, 4.69) is 126 Å². The smallest absolute Gasteiger partial charge is 0.186 e. The van der Waals surface area contributed by atoms with Crippen molar-refractivity contribution in [2.75, 3.05) is 0 Å². The van der Waals surface area contributed by atoms with E-state index in [9.17, 15) is 0 Å². The number of rotatable bonds is 0. The van der Waals surface area contributed by atoms with E-state index < -0.39 is 0 Å². The van der Waals surface area contributed by atoms with E-state index in [1.54, 1.807) is 0 Å². The van der Waals surface area contributed by atoms with Gasteiger partial charge < -0.3 is 4.42 Å². The highest BCUT2D eigenvalue weighted by Crippen LogP contribution is 2.30. The lowest BCUT2D eigenvalue weighted by atomic mass is 9.99. The summed E-state index contributed by atoms with van der Waals surface area (Å²) in [6, 6.07) is 21.4. The monoisotopic (exact) mass is 452 g/mol. The quantitative estimate of drug-likeness (QED) is 0.216. The molecule has 0 atom stereocenters. The Bertz CT molecular complexity index is 1580. The van der Waals surface area contributed by atoms with Crippen molar-refractivity contribution in [2.24, 2.45) is 0 Å². The molecule has 1 nitrogen and oxygen atoms in total. The molecular weight excluding hydrogens is 424 g/mol. The number of aryl methyl sites for hydroxylation is 6. The highest BCUT2D eigenvalue weighted by Gasteiger charge is 2.13. The van der Waals surface area contributed by atoms with Crippen LogP contribution in [0.1, 0.15) is 56.0 Å². The van der Waals surface area contributed by atoms with E-state index >= 15 is 0 Å². The molecular formula is C34H28O. The van der Waals surface area contributed by atoms with Crippen LogP contribution in [0.25, 0.3) is 21.5 Å². The first kappa shape index (κ1) is 22.6. The standard InChI is InChI=1S/C34H28O/c1-21-15-23(3)29(24(4)16-21)11-13-33-31-19-27-9-7-8-10-28(27)20-32(31)34(35-33)14-12-30-25(5)17-22(2)18-26(30)6/h7-10,15-20H,1-6H3. The molecule has 0 saturated heterocycles. The summed E-state index contributed by atoms with van der Waals surface area (Å²) < 4.78 is 6.34. The Kier molecular flexibility index (Phi) is 5.72. The molecule has 0 amide bonds. The van der Waals surface area contributed by atoms with Crippen molar-refractivity contribution in [3.63, 3.8) is 0 Å². The van der Waals surface area contributed by atoms with Crippen LogP contribution in [-0.4, -0.2) is 0 Å². The lowest BCUT2D eigenvalue weighted by Crippen LogP contribution is -1.89. The topological polar surface area (TPSA) is 13.1 Å². The van der Waals surface area contributed by atoms with Gasteiger partial charge in [-0.15, -0.1) is 0 Å². The van der Waals surface area contributed by atoms with Crippen LogP contribution in [0.2, 0.25) is 0 Å². The molecule has 0 aliphatic carbocycles. The third-order valence-electron chi connectivity index (χ3n) is 6.54. The lowest BCUT2D eigenvalue weighted by Gasteiger charge is -2.04. The number of hydrogen-bond donors (Lipinski definition) is 0. The minimum absolute atomic E-state index is 0.659.